The molecule has 0 unspecified atom stereocenters. The van der Waals surface area contributed by atoms with E-state index in [9.17, 15) is 15.6 Å². The van der Waals surface area contributed by atoms with Gasteiger partial charge in [-0.05, 0) is 29.3 Å². The third-order valence-electron chi connectivity index (χ3n) is 3.67. The topological polar surface area (TPSA) is 120 Å². The number of rotatable bonds is 4. The molecule has 0 aliphatic rings. The van der Waals surface area contributed by atoms with E-state index < -0.39 is 0 Å². The molecule has 0 fully saturated rings. The second kappa shape index (κ2) is 7.56. The van der Waals surface area contributed by atoms with Gasteiger partial charge in [-0.1, -0.05) is 18.2 Å². The highest BCUT2D eigenvalue weighted by Crippen LogP contribution is 2.36. The molecule has 0 atom stereocenters. The predicted molar refractivity (Wildman–Crippen MR) is 99.0 cm³/mol. The average molecular weight is 359 g/mol. The number of nitrogens with two attached hydrogens (primary N) is 1. The van der Waals surface area contributed by atoms with Crippen LogP contribution in [0.4, 0.5) is 5.82 Å². The van der Waals surface area contributed by atoms with E-state index in [0.717, 1.165) is 5.56 Å². The maximum atomic E-state index is 9.71. The second-order valence-electron chi connectivity index (χ2n) is 5.35. The Balaban J connectivity index is 2.10. The lowest BCUT2D eigenvalue weighted by molar-refractivity contribution is 0.475. The van der Waals surface area contributed by atoms with E-state index in [0.29, 0.717) is 21.9 Å². The van der Waals surface area contributed by atoms with Gasteiger partial charge in [0.2, 0.25) is 0 Å². The van der Waals surface area contributed by atoms with Gasteiger partial charge in [0.05, 0.1) is 5.56 Å². The molecule has 3 rings (SSSR count). The summed E-state index contributed by atoms with van der Waals surface area (Å²) in [7, 11) is 0. The van der Waals surface area contributed by atoms with Gasteiger partial charge in [0.25, 0.3) is 0 Å². The average Bonchev–Trinajstić information content (AvgIpc) is 2.67. The van der Waals surface area contributed by atoms with Crippen LogP contribution >= 0.6 is 11.8 Å². The SMILES string of the molecule is N#Cc1c(N)nc(SCc2cccnc2)c(C#N)c1-c1ccc(O)cc1. The molecule has 126 valence electrons. The van der Waals surface area contributed by atoms with E-state index in [-0.39, 0.29) is 22.7 Å². The number of nitrogen functional groups attached to an aromatic ring is 1. The van der Waals surface area contributed by atoms with E-state index in [2.05, 4.69) is 16.0 Å². The van der Waals surface area contributed by atoms with Crippen molar-refractivity contribution in [1.82, 2.24) is 9.97 Å². The van der Waals surface area contributed by atoms with Gasteiger partial charge in [0.15, 0.2) is 0 Å². The van der Waals surface area contributed by atoms with Crippen molar-refractivity contribution >= 4 is 17.6 Å². The number of hydrogen-bond donors (Lipinski definition) is 2. The third kappa shape index (κ3) is 3.44. The Morgan fingerprint density at radius 2 is 1.81 bits per heavy atom. The first kappa shape index (κ1) is 17.3. The molecule has 0 amide bonds. The summed E-state index contributed by atoms with van der Waals surface area (Å²) < 4.78 is 0. The lowest BCUT2D eigenvalue weighted by Gasteiger charge is -2.13. The standard InChI is InChI=1S/C19H13N5OS/c20-8-15-17(13-3-5-14(25)6-4-13)16(9-21)19(24-18(15)22)26-11-12-2-1-7-23-10-12/h1-7,10,25H,11H2,(H2,22,24). The number of hydrogen-bond acceptors (Lipinski definition) is 7. The molecule has 6 nitrogen and oxygen atoms in total. The van der Waals surface area contributed by atoms with Gasteiger partial charge in [-0.15, -0.1) is 11.8 Å². The molecule has 3 N–H and O–H groups in total. The normalized spacial score (nSPS) is 10.1. The summed E-state index contributed by atoms with van der Waals surface area (Å²) in [5.41, 5.74) is 8.44. The fraction of sp³-hybridized carbons (Fsp3) is 0.0526. The molecule has 3 aromatic rings. The van der Waals surface area contributed by atoms with E-state index in [1.54, 1.807) is 24.5 Å². The molecule has 7 heteroatoms. The number of nitrogens with zero attached hydrogens (tertiary/aromatic N) is 4. The van der Waals surface area contributed by atoms with Crippen LogP contribution in [0.25, 0.3) is 11.1 Å². The van der Waals surface area contributed by atoms with Crippen molar-refractivity contribution in [3.8, 4) is 29.0 Å². The van der Waals surface area contributed by atoms with Crippen LogP contribution in [0.5, 0.6) is 5.75 Å². The number of aromatic nitrogens is 2. The van der Waals surface area contributed by atoms with Gasteiger partial charge in [0, 0.05) is 23.7 Å². The van der Waals surface area contributed by atoms with Crippen LogP contribution in [0, 0.1) is 22.7 Å². The van der Waals surface area contributed by atoms with E-state index in [1.165, 1.54) is 23.9 Å². The largest absolute Gasteiger partial charge is 0.508 e. The molecule has 0 saturated heterocycles. The molecule has 0 radical (unpaired) electrons. The van der Waals surface area contributed by atoms with Crippen LogP contribution < -0.4 is 5.73 Å². The Labute approximate surface area is 154 Å². The van der Waals surface area contributed by atoms with E-state index in [4.69, 9.17) is 5.73 Å². The number of benzene rings is 1. The quantitative estimate of drug-likeness (QED) is 0.684. The Bertz CT molecular complexity index is 1020. The van der Waals surface area contributed by atoms with Gasteiger partial charge in [-0.2, -0.15) is 10.5 Å². The monoisotopic (exact) mass is 359 g/mol. The number of thioether (sulfide) groups is 1. The molecular formula is C19H13N5OS. The Morgan fingerprint density at radius 1 is 1.08 bits per heavy atom. The van der Waals surface area contributed by atoms with Crippen LogP contribution in [-0.2, 0) is 5.75 Å². The van der Waals surface area contributed by atoms with Crippen molar-refractivity contribution in [2.24, 2.45) is 0 Å². The van der Waals surface area contributed by atoms with Crippen molar-refractivity contribution < 1.29 is 5.11 Å². The third-order valence-corrected chi connectivity index (χ3v) is 4.72. The van der Waals surface area contributed by atoms with Gasteiger partial charge in [0.1, 0.15) is 34.3 Å². The van der Waals surface area contributed by atoms with Crippen LogP contribution in [-0.4, -0.2) is 15.1 Å². The summed E-state index contributed by atoms with van der Waals surface area (Å²) in [6.45, 7) is 0. The molecular weight excluding hydrogens is 346 g/mol. The first-order valence-electron chi connectivity index (χ1n) is 7.58. The van der Waals surface area contributed by atoms with Crippen molar-refractivity contribution in [3.63, 3.8) is 0 Å². The van der Waals surface area contributed by atoms with Crippen molar-refractivity contribution in [2.45, 2.75) is 10.8 Å². The summed E-state index contributed by atoms with van der Waals surface area (Å²) in [5, 5.41) is 29.2. The number of anilines is 1. The highest BCUT2D eigenvalue weighted by molar-refractivity contribution is 7.98. The molecule has 26 heavy (non-hydrogen) atoms. The lowest BCUT2D eigenvalue weighted by Crippen LogP contribution is -2.03. The number of phenolic OH excluding ortho intramolecular Hbond substituents is 1. The predicted octanol–water partition coefficient (Wildman–Crippen LogP) is 3.47. The molecule has 0 aliphatic carbocycles. The summed E-state index contributed by atoms with van der Waals surface area (Å²) in [4.78, 5) is 8.33. The minimum Gasteiger partial charge on any atom is -0.508 e. The Kier molecular flexibility index (Phi) is 5.02. The number of pyridine rings is 2. The van der Waals surface area contributed by atoms with Gasteiger partial charge in [-0.25, -0.2) is 4.98 Å². The van der Waals surface area contributed by atoms with Crippen molar-refractivity contribution in [3.05, 3.63) is 65.5 Å². The summed E-state index contributed by atoms with van der Waals surface area (Å²) in [5.74, 6) is 0.734. The summed E-state index contributed by atoms with van der Waals surface area (Å²) >= 11 is 1.36. The van der Waals surface area contributed by atoms with Gasteiger partial charge < -0.3 is 10.8 Å². The highest BCUT2D eigenvalue weighted by atomic mass is 32.2. The first-order chi connectivity index (χ1) is 12.6. The molecule has 1 aromatic carbocycles. The van der Waals surface area contributed by atoms with Crippen LogP contribution in [0.2, 0.25) is 0 Å². The Hall–Kier alpha value is -3.55. The molecule has 0 spiro atoms. The maximum Gasteiger partial charge on any atom is 0.143 e. The van der Waals surface area contributed by atoms with Crippen molar-refractivity contribution in [1.29, 1.82) is 10.5 Å². The van der Waals surface area contributed by atoms with Crippen LogP contribution in [0.15, 0.2) is 53.8 Å². The fourth-order valence-corrected chi connectivity index (χ4v) is 3.38. The first-order valence-corrected chi connectivity index (χ1v) is 8.57. The maximum absolute atomic E-state index is 9.71. The molecule has 0 bridgehead atoms. The van der Waals surface area contributed by atoms with Crippen LogP contribution in [0.3, 0.4) is 0 Å². The second-order valence-corrected chi connectivity index (χ2v) is 6.31. The summed E-state index contributed by atoms with van der Waals surface area (Å²) in [6.07, 6.45) is 3.43. The highest BCUT2D eigenvalue weighted by Gasteiger charge is 2.20. The zero-order valence-corrected chi connectivity index (χ0v) is 14.4. The lowest BCUT2D eigenvalue weighted by atomic mass is 9.97. The zero-order chi connectivity index (χ0) is 18.5. The number of aromatic hydroxyl groups is 1. The van der Waals surface area contributed by atoms with E-state index >= 15 is 0 Å². The molecule has 0 aliphatic heterocycles. The molecule has 2 aromatic heterocycles. The molecule has 2 heterocycles. The van der Waals surface area contributed by atoms with E-state index in [1.807, 2.05) is 18.2 Å². The van der Waals surface area contributed by atoms with Crippen LogP contribution in [0.1, 0.15) is 16.7 Å². The zero-order valence-electron chi connectivity index (χ0n) is 13.5. The minimum absolute atomic E-state index is 0.0725. The van der Waals surface area contributed by atoms with Gasteiger partial charge >= 0.3 is 0 Å². The smallest absolute Gasteiger partial charge is 0.143 e. The number of phenols is 1. The van der Waals surface area contributed by atoms with Crippen molar-refractivity contribution in [2.75, 3.05) is 5.73 Å². The number of nitriles is 2. The summed E-state index contributed by atoms with van der Waals surface area (Å²) in [6, 6.07) is 14.2. The van der Waals surface area contributed by atoms with Gasteiger partial charge in [-0.3, -0.25) is 4.98 Å². The fourth-order valence-electron chi connectivity index (χ4n) is 2.45. The minimum atomic E-state index is 0.0725. The molecule has 0 saturated carbocycles. The Morgan fingerprint density at radius 3 is 2.42 bits per heavy atom.